The number of hydrogen-bond acceptors (Lipinski definition) is 7. The van der Waals surface area contributed by atoms with Crippen LogP contribution in [0.15, 0.2) is 24.5 Å². The van der Waals surface area contributed by atoms with Crippen molar-refractivity contribution < 1.29 is 18.7 Å². The Hall–Kier alpha value is -3.21. The number of fused-ring (bicyclic) bond motifs is 1. The van der Waals surface area contributed by atoms with Crippen LogP contribution >= 0.6 is 0 Å². The van der Waals surface area contributed by atoms with Crippen molar-refractivity contribution in [3.05, 3.63) is 35.9 Å². The van der Waals surface area contributed by atoms with E-state index in [0.717, 1.165) is 11.2 Å². The van der Waals surface area contributed by atoms with E-state index in [1.54, 1.807) is 36.8 Å². The molecule has 1 saturated heterocycles. The van der Waals surface area contributed by atoms with Crippen molar-refractivity contribution in [2.75, 3.05) is 11.9 Å². The van der Waals surface area contributed by atoms with E-state index in [2.05, 4.69) is 51.7 Å². The maximum Gasteiger partial charge on any atom is 0.407 e. The average molecular weight is 445 g/mol. The van der Waals surface area contributed by atoms with E-state index >= 15 is 0 Å². The zero-order chi connectivity index (χ0) is 23.0. The van der Waals surface area contributed by atoms with Gasteiger partial charge in [0, 0.05) is 29.9 Å². The first-order valence-electron chi connectivity index (χ1n) is 10.5. The number of amides is 1. The number of aromatic amines is 1. The minimum absolute atomic E-state index is 0.0363. The van der Waals surface area contributed by atoms with Crippen molar-refractivity contribution in [3.8, 4) is 0 Å². The van der Waals surface area contributed by atoms with Crippen molar-refractivity contribution in [3.63, 3.8) is 0 Å². The summed E-state index contributed by atoms with van der Waals surface area (Å²) in [5.41, 5.74) is 2.06. The lowest BCUT2D eigenvalue weighted by Crippen LogP contribution is -2.36. The molecule has 0 radical (unpaired) electrons. The largest absolute Gasteiger partial charge is 0.441 e. The summed E-state index contributed by atoms with van der Waals surface area (Å²) >= 11 is 0. The van der Waals surface area contributed by atoms with Crippen LogP contribution in [0.3, 0.4) is 0 Å². The minimum Gasteiger partial charge on any atom is -0.441 e. The second kappa shape index (κ2) is 8.38. The van der Waals surface area contributed by atoms with E-state index in [0.29, 0.717) is 17.3 Å². The highest BCUT2D eigenvalue weighted by molar-refractivity contribution is 5.72. The fourth-order valence-corrected chi connectivity index (χ4v) is 3.40. The van der Waals surface area contributed by atoms with E-state index < -0.39 is 24.5 Å². The van der Waals surface area contributed by atoms with Gasteiger partial charge in [0.2, 0.25) is 0 Å². The van der Waals surface area contributed by atoms with Gasteiger partial charge >= 0.3 is 6.09 Å². The van der Waals surface area contributed by atoms with Gasteiger partial charge in [-0.05, 0) is 19.9 Å². The maximum absolute atomic E-state index is 14.9. The molecular formula is C21H28FN7O3. The van der Waals surface area contributed by atoms with Gasteiger partial charge in [0.1, 0.15) is 11.6 Å². The summed E-state index contributed by atoms with van der Waals surface area (Å²) in [6.07, 6.45) is -0.672. The van der Waals surface area contributed by atoms with Crippen LogP contribution in [0.1, 0.15) is 52.1 Å². The van der Waals surface area contributed by atoms with Gasteiger partial charge in [-0.25, -0.2) is 18.7 Å². The zero-order valence-corrected chi connectivity index (χ0v) is 18.7. The minimum atomic E-state index is -1.52. The standard InChI is InChI=1S/C21H28FN7O3/c1-11(2)24-20(30)32-14-10-31-18(17(14)22)12-8-16(27-26-12)25-19-13-9-15(21(3,4)5)28-29(13)7-6-23-19/h6-9,11,14,17-18H,10H2,1-5H3,(H,24,30)(H2,23,25,26,27)/t14-,17-,18-/m1/s1. The molecule has 11 heteroatoms. The first-order chi connectivity index (χ1) is 15.1. The maximum atomic E-state index is 14.9. The van der Waals surface area contributed by atoms with E-state index in [4.69, 9.17) is 9.47 Å². The van der Waals surface area contributed by atoms with Crippen molar-refractivity contribution in [2.24, 2.45) is 0 Å². The highest BCUT2D eigenvalue weighted by atomic mass is 19.1. The van der Waals surface area contributed by atoms with E-state index in [1.165, 1.54) is 0 Å². The SMILES string of the molecule is CC(C)NC(=O)O[C@@H]1CO[C@H](c2cc(Nc3nccn4nc(C(C)(C)C)cc34)n[nH]2)[C@@H]1F. The second-order valence-corrected chi connectivity index (χ2v) is 9.16. The number of alkyl carbamates (subject to hydrolysis) is 1. The summed E-state index contributed by atoms with van der Waals surface area (Å²) in [4.78, 5) is 16.2. The van der Waals surface area contributed by atoms with Gasteiger partial charge in [-0.1, -0.05) is 20.8 Å². The van der Waals surface area contributed by atoms with Crippen LogP contribution in [-0.4, -0.2) is 55.8 Å². The second-order valence-electron chi connectivity index (χ2n) is 9.16. The van der Waals surface area contributed by atoms with Crippen molar-refractivity contribution in [1.82, 2.24) is 30.1 Å². The van der Waals surface area contributed by atoms with Gasteiger partial charge in [-0.3, -0.25) is 5.10 Å². The Morgan fingerprint density at radius 1 is 1.38 bits per heavy atom. The third-order valence-electron chi connectivity index (χ3n) is 5.06. The van der Waals surface area contributed by atoms with Crippen molar-refractivity contribution in [1.29, 1.82) is 0 Å². The number of halogens is 1. The molecule has 0 spiro atoms. The molecule has 4 heterocycles. The molecule has 0 aliphatic carbocycles. The fourth-order valence-electron chi connectivity index (χ4n) is 3.40. The first kappa shape index (κ1) is 22.0. The number of alkyl halides is 1. The number of nitrogens with one attached hydrogen (secondary N) is 3. The molecule has 4 rings (SSSR count). The fraction of sp³-hybridized carbons (Fsp3) is 0.524. The molecule has 1 aliphatic rings. The first-order valence-corrected chi connectivity index (χ1v) is 10.5. The summed E-state index contributed by atoms with van der Waals surface area (Å²) in [5.74, 6) is 1.03. The van der Waals surface area contributed by atoms with E-state index in [1.807, 2.05) is 6.07 Å². The van der Waals surface area contributed by atoms with Gasteiger partial charge in [-0.15, -0.1) is 0 Å². The van der Waals surface area contributed by atoms with Crippen molar-refractivity contribution in [2.45, 2.75) is 64.5 Å². The van der Waals surface area contributed by atoms with E-state index in [9.17, 15) is 9.18 Å². The lowest BCUT2D eigenvalue weighted by Gasteiger charge is -2.16. The predicted octanol–water partition coefficient (Wildman–Crippen LogP) is 3.41. The number of anilines is 2. The molecule has 10 nitrogen and oxygen atoms in total. The van der Waals surface area contributed by atoms with Gasteiger partial charge < -0.3 is 20.1 Å². The number of H-pyrrole nitrogens is 1. The molecule has 0 unspecified atom stereocenters. The Morgan fingerprint density at radius 3 is 2.88 bits per heavy atom. The molecule has 1 aliphatic heterocycles. The number of hydrogen-bond donors (Lipinski definition) is 3. The molecule has 1 fully saturated rings. The Kier molecular flexibility index (Phi) is 5.76. The van der Waals surface area contributed by atoms with Gasteiger partial charge in [0.05, 0.1) is 18.0 Å². The molecule has 3 aromatic rings. The summed E-state index contributed by atoms with van der Waals surface area (Å²) < 4.78 is 27.3. The number of nitrogens with zero attached hydrogens (tertiary/aromatic N) is 4. The summed E-state index contributed by atoms with van der Waals surface area (Å²) in [7, 11) is 0. The molecule has 172 valence electrons. The molecule has 32 heavy (non-hydrogen) atoms. The van der Waals surface area contributed by atoms with Crippen molar-refractivity contribution >= 4 is 23.2 Å². The Balaban J connectivity index is 1.47. The molecule has 3 aromatic heterocycles. The van der Waals surface area contributed by atoms with Crippen LogP contribution in [0.25, 0.3) is 5.52 Å². The monoisotopic (exact) mass is 445 g/mol. The number of aromatic nitrogens is 5. The third-order valence-corrected chi connectivity index (χ3v) is 5.06. The summed E-state index contributed by atoms with van der Waals surface area (Å²) in [6, 6.07) is 3.53. The lowest BCUT2D eigenvalue weighted by atomic mass is 9.92. The number of carbonyl (C=O) groups excluding carboxylic acids is 1. The van der Waals surface area contributed by atoms with Crippen LogP contribution in [0.4, 0.5) is 20.8 Å². The van der Waals surface area contributed by atoms with E-state index in [-0.39, 0.29) is 18.1 Å². The third kappa shape index (κ3) is 4.52. The highest BCUT2D eigenvalue weighted by Gasteiger charge is 2.42. The van der Waals surface area contributed by atoms with Crippen LogP contribution in [0.5, 0.6) is 0 Å². The summed E-state index contributed by atoms with van der Waals surface area (Å²) in [6.45, 7) is 9.83. The topological polar surface area (TPSA) is 118 Å². The van der Waals surface area contributed by atoms with Crippen LogP contribution < -0.4 is 10.6 Å². The average Bonchev–Trinajstić information content (AvgIpc) is 3.40. The van der Waals surface area contributed by atoms with Gasteiger partial charge in [0.25, 0.3) is 0 Å². The molecule has 3 N–H and O–H groups in total. The summed E-state index contributed by atoms with van der Waals surface area (Å²) in [5, 5.41) is 17.3. The lowest BCUT2D eigenvalue weighted by molar-refractivity contribution is 0.0615. The molecular weight excluding hydrogens is 417 g/mol. The quantitative estimate of drug-likeness (QED) is 0.551. The number of rotatable bonds is 5. The van der Waals surface area contributed by atoms with Gasteiger partial charge in [0.15, 0.2) is 23.9 Å². The molecule has 0 bridgehead atoms. The molecule has 1 amide bonds. The molecule has 3 atom stereocenters. The van der Waals surface area contributed by atoms with Crippen LogP contribution in [0, 0.1) is 0 Å². The Labute approximate surface area is 184 Å². The molecule has 0 saturated carbocycles. The Morgan fingerprint density at radius 2 is 2.16 bits per heavy atom. The number of carbonyl (C=O) groups is 1. The smallest absolute Gasteiger partial charge is 0.407 e. The predicted molar refractivity (Wildman–Crippen MR) is 116 cm³/mol. The normalized spacial score (nSPS) is 21.3. The van der Waals surface area contributed by atoms with Gasteiger partial charge in [-0.2, -0.15) is 10.2 Å². The Bertz CT molecular complexity index is 1100. The highest BCUT2D eigenvalue weighted by Crippen LogP contribution is 2.34. The zero-order valence-electron chi connectivity index (χ0n) is 18.7. The van der Waals surface area contributed by atoms with Crippen LogP contribution in [0.2, 0.25) is 0 Å². The van der Waals surface area contributed by atoms with Crippen LogP contribution in [-0.2, 0) is 14.9 Å². The number of ether oxygens (including phenoxy) is 2. The molecule has 0 aromatic carbocycles.